The molecule has 9 heteroatoms. The van der Waals surface area contributed by atoms with E-state index in [1.807, 2.05) is 36.4 Å². The summed E-state index contributed by atoms with van der Waals surface area (Å²) in [5.41, 5.74) is 3.65. The molecular formula is C30H31FN2O5S. The predicted molar refractivity (Wildman–Crippen MR) is 149 cm³/mol. The van der Waals surface area contributed by atoms with E-state index in [2.05, 4.69) is 23.5 Å². The van der Waals surface area contributed by atoms with Crippen LogP contribution in [0.15, 0.2) is 72.8 Å². The third-order valence-electron chi connectivity index (χ3n) is 5.73. The molecule has 0 saturated carbocycles. The number of β-lactam (4-membered cyclic amide) rings is 1. The maximum Gasteiger partial charge on any atom is 0.308 e. The second-order valence-electron chi connectivity index (χ2n) is 8.96. The van der Waals surface area contributed by atoms with Gasteiger partial charge in [0.15, 0.2) is 0 Å². The smallest absolute Gasteiger partial charge is 0.308 e. The van der Waals surface area contributed by atoms with Gasteiger partial charge in [-0.05, 0) is 66.1 Å². The van der Waals surface area contributed by atoms with Crippen molar-refractivity contribution in [1.29, 1.82) is 0 Å². The van der Waals surface area contributed by atoms with Gasteiger partial charge in [-0.1, -0.05) is 49.5 Å². The Morgan fingerprint density at radius 2 is 1.69 bits per heavy atom. The lowest BCUT2D eigenvalue weighted by molar-refractivity contribution is -0.131. The van der Waals surface area contributed by atoms with Crippen molar-refractivity contribution in [3.8, 4) is 17.6 Å². The van der Waals surface area contributed by atoms with E-state index in [1.54, 1.807) is 29.2 Å². The summed E-state index contributed by atoms with van der Waals surface area (Å²) in [4.78, 5) is 24.9. The average molecular weight is 551 g/mol. The van der Waals surface area contributed by atoms with Crippen LogP contribution >= 0.6 is 0 Å². The van der Waals surface area contributed by atoms with Gasteiger partial charge in [-0.15, -0.1) is 0 Å². The van der Waals surface area contributed by atoms with E-state index in [0.717, 1.165) is 35.9 Å². The van der Waals surface area contributed by atoms with E-state index in [0.29, 0.717) is 12.2 Å². The van der Waals surface area contributed by atoms with Crippen molar-refractivity contribution in [3.63, 3.8) is 0 Å². The molecule has 0 spiro atoms. The van der Waals surface area contributed by atoms with Gasteiger partial charge < -0.3 is 9.64 Å². The average Bonchev–Trinajstić information content (AvgIpc) is 2.88. The van der Waals surface area contributed by atoms with E-state index in [1.165, 1.54) is 24.6 Å². The first-order chi connectivity index (χ1) is 18.6. The molecule has 3 aromatic carbocycles. The van der Waals surface area contributed by atoms with Gasteiger partial charge in [-0.3, -0.25) is 9.59 Å². The van der Waals surface area contributed by atoms with Crippen molar-refractivity contribution in [1.82, 2.24) is 4.72 Å². The van der Waals surface area contributed by atoms with Crippen molar-refractivity contribution >= 4 is 27.6 Å². The van der Waals surface area contributed by atoms with E-state index in [4.69, 9.17) is 4.74 Å². The number of carbonyl (C=O) groups is 2. The number of sulfonamides is 1. The van der Waals surface area contributed by atoms with Gasteiger partial charge >= 0.3 is 5.97 Å². The minimum absolute atomic E-state index is 0.0234. The second kappa shape index (κ2) is 13.7. The Balaban J connectivity index is 0.000000353. The molecule has 0 unspecified atom stereocenters. The second-order valence-corrected chi connectivity index (χ2v) is 10.8. The third kappa shape index (κ3) is 9.36. The molecule has 1 aliphatic rings. The van der Waals surface area contributed by atoms with Crippen LogP contribution in [-0.4, -0.2) is 33.1 Å². The van der Waals surface area contributed by atoms with Crippen molar-refractivity contribution in [2.24, 2.45) is 0 Å². The number of esters is 1. The molecule has 0 aromatic heterocycles. The highest BCUT2D eigenvalue weighted by molar-refractivity contribution is 7.88. The Hall–Kier alpha value is -4.00. The summed E-state index contributed by atoms with van der Waals surface area (Å²) >= 11 is 0. The van der Waals surface area contributed by atoms with E-state index in [9.17, 15) is 22.4 Å². The summed E-state index contributed by atoms with van der Waals surface area (Å²) < 4.78 is 41.7. The Labute approximate surface area is 229 Å². The van der Waals surface area contributed by atoms with Crippen LogP contribution in [0.5, 0.6) is 5.75 Å². The van der Waals surface area contributed by atoms with Crippen LogP contribution in [0.4, 0.5) is 10.1 Å². The Kier molecular flexibility index (Phi) is 10.4. The van der Waals surface area contributed by atoms with Gasteiger partial charge in [0.25, 0.3) is 0 Å². The van der Waals surface area contributed by atoms with Gasteiger partial charge in [-0.2, -0.15) is 0 Å². The molecule has 1 fully saturated rings. The highest BCUT2D eigenvalue weighted by atomic mass is 32.2. The van der Waals surface area contributed by atoms with Crippen LogP contribution in [0, 0.1) is 17.7 Å². The highest BCUT2D eigenvalue weighted by Crippen LogP contribution is 2.39. The number of halogens is 1. The van der Waals surface area contributed by atoms with Crippen LogP contribution in [0.25, 0.3) is 0 Å². The molecule has 1 heterocycles. The minimum atomic E-state index is -3.26. The van der Waals surface area contributed by atoms with Crippen molar-refractivity contribution in [2.75, 3.05) is 17.7 Å². The topological polar surface area (TPSA) is 92.8 Å². The first-order valence-corrected chi connectivity index (χ1v) is 14.3. The fraction of sp³-hybridized carbons (Fsp3) is 0.267. The number of carbonyl (C=O) groups excluding carboxylic acids is 2. The van der Waals surface area contributed by atoms with Gasteiger partial charge in [0, 0.05) is 18.2 Å². The van der Waals surface area contributed by atoms with Crippen molar-refractivity contribution in [3.05, 3.63) is 95.3 Å². The molecule has 1 saturated heterocycles. The number of benzene rings is 3. The number of nitrogens with one attached hydrogen (secondary N) is 1. The minimum Gasteiger partial charge on any atom is -0.427 e. The first kappa shape index (κ1) is 29.6. The SMILES string of the molecule is CC(=O)Oc1ccc([C@@H]2CC(=O)N2c2ccc(C#CCNS(C)(=O)=O)cc2)cc1.CCCc1ccc(F)cc1. The molecule has 3 aromatic rings. The van der Waals surface area contributed by atoms with E-state index >= 15 is 0 Å². The normalized spacial score (nSPS) is 14.3. The summed E-state index contributed by atoms with van der Waals surface area (Å²) in [6, 6.07) is 20.9. The van der Waals surface area contributed by atoms with Crippen LogP contribution < -0.4 is 14.4 Å². The zero-order chi connectivity index (χ0) is 28.4. The number of ether oxygens (including phenoxy) is 1. The zero-order valence-electron chi connectivity index (χ0n) is 22.1. The molecule has 1 N–H and O–H groups in total. The molecule has 204 valence electrons. The number of anilines is 1. The van der Waals surface area contributed by atoms with Gasteiger partial charge in [-0.25, -0.2) is 17.5 Å². The zero-order valence-corrected chi connectivity index (χ0v) is 22.9. The Morgan fingerprint density at radius 1 is 1.05 bits per heavy atom. The summed E-state index contributed by atoms with van der Waals surface area (Å²) in [6.45, 7) is 3.50. The summed E-state index contributed by atoms with van der Waals surface area (Å²) in [6.07, 6.45) is 3.64. The number of rotatable bonds is 7. The number of hydrogen-bond donors (Lipinski definition) is 1. The van der Waals surface area contributed by atoms with E-state index in [-0.39, 0.29) is 30.3 Å². The van der Waals surface area contributed by atoms with E-state index < -0.39 is 10.0 Å². The molecule has 0 aliphatic carbocycles. The summed E-state index contributed by atoms with van der Waals surface area (Å²) in [7, 11) is -3.26. The first-order valence-electron chi connectivity index (χ1n) is 12.4. The quantitative estimate of drug-likeness (QED) is 0.198. The Bertz CT molecular complexity index is 1440. The summed E-state index contributed by atoms with van der Waals surface area (Å²) in [5, 5.41) is 0. The van der Waals surface area contributed by atoms with Crippen LogP contribution in [0.2, 0.25) is 0 Å². The lowest BCUT2D eigenvalue weighted by Gasteiger charge is -2.40. The van der Waals surface area contributed by atoms with Gasteiger partial charge in [0.05, 0.1) is 25.3 Å². The molecule has 0 radical (unpaired) electrons. The molecule has 1 amide bonds. The fourth-order valence-corrected chi connectivity index (χ4v) is 4.22. The molecule has 0 bridgehead atoms. The fourth-order valence-electron chi connectivity index (χ4n) is 3.89. The molecule has 7 nitrogen and oxygen atoms in total. The van der Waals surface area contributed by atoms with Gasteiger partial charge in [0.2, 0.25) is 15.9 Å². The standard InChI is InChI=1S/C21H20N2O5S.C9H11F/c1-15(24)28-19-11-7-17(8-12-19)20-14-21(25)23(20)18-9-5-16(6-10-18)4-3-13-22-29(2,26)27;1-2-3-8-4-6-9(10)7-5-8/h5-12,20,22H,13-14H2,1-2H3;4-7H,2-3H2,1H3/t20-;/m0./s1. The number of hydrogen-bond acceptors (Lipinski definition) is 5. The lowest BCUT2D eigenvalue weighted by atomic mass is 9.93. The summed E-state index contributed by atoms with van der Waals surface area (Å²) in [5.74, 6) is 5.57. The van der Waals surface area contributed by atoms with Crippen molar-refractivity contribution in [2.45, 2.75) is 39.2 Å². The molecule has 1 aliphatic heterocycles. The largest absolute Gasteiger partial charge is 0.427 e. The third-order valence-corrected chi connectivity index (χ3v) is 6.40. The molecule has 39 heavy (non-hydrogen) atoms. The van der Waals surface area contributed by atoms with Crippen molar-refractivity contribution < 1.29 is 27.1 Å². The Morgan fingerprint density at radius 3 is 2.23 bits per heavy atom. The lowest BCUT2D eigenvalue weighted by Crippen LogP contribution is -2.46. The monoisotopic (exact) mass is 550 g/mol. The maximum absolute atomic E-state index is 12.3. The highest BCUT2D eigenvalue weighted by Gasteiger charge is 2.38. The van der Waals surface area contributed by atoms with Gasteiger partial charge in [0.1, 0.15) is 11.6 Å². The number of amides is 1. The number of aryl methyl sites for hydroxylation is 1. The molecule has 1 atom stereocenters. The molecule has 4 rings (SSSR count). The maximum atomic E-state index is 12.3. The predicted octanol–water partition coefficient (Wildman–Crippen LogP) is 4.77. The van der Waals surface area contributed by atoms with Crippen LogP contribution in [0.1, 0.15) is 49.4 Å². The number of nitrogens with zero attached hydrogens (tertiary/aromatic N) is 1. The molecular weight excluding hydrogens is 519 g/mol. The van der Waals surface area contributed by atoms with Crippen LogP contribution in [0.3, 0.4) is 0 Å². The van der Waals surface area contributed by atoms with Crippen LogP contribution in [-0.2, 0) is 26.0 Å².